The summed E-state index contributed by atoms with van der Waals surface area (Å²) in [6, 6.07) is 11.7. The molecule has 1 atom stereocenters. The van der Waals surface area contributed by atoms with Crippen molar-refractivity contribution in [2.45, 2.75) is 25.7 Å². The normalized spacial score (nSPS) is 16.0. The third-order valence-corrected chi connectivity index (χ3v) is 4.77. The van der Waals surface area contributed by atoms with E-state index in [1.54, 1.807) is 42.5 Å². The van der Waals surface area contributed by atoms with E-state index < -0.39 is 5.97 Å². The third-order valence-electron chi connectivity index (χ3n) is 4.53. The van der Waals surface area contributed by atoms with E-state index in [2.05, 4.69) is 0 Å². The maximum absolute atomic E-state index is 12.7. The minimum atomic E-state index is -0.959. The quantitative estimate of drug-likeness (QED) is 0.824. The van der Waals surface area contributed by atoms with Crippen LogP contribution in [0.1, 0.15) is 47.2 Å². The van der Waals surface area contributed by atoms with Crippen LogP contribution in [-0.4, -0.2) is 22.9 Å². The average molecular weight is 384 g/mol. The van der Waals surface area contributed by atoms with E-state index in [0.29, 0.717) is 23.6 Å². The maximum atomic E-state index is 12.7. The molecule has 0 fully saturated rings. The lowest BCUT2D eigenvalue weighted by molar-refractivity contribution is -0.125. The molecule has 0 radical (unpaired) electrons. The molecule has 2 aromatic carbocycles. The van der Waals surface area contributed by atoms with Crippen LogP contribution in [0.5, 0.6) is 0 Å². The first-order valence-corrected chi connectivity index (χ1v) is 8.90. The molecular formula is C21H18ClNO4. The van der Waals surface area contributed by atoms with E-state index in [0.717, 1.165) is 11.1 Å². The molecule has 1 heterocycles. The van der Waals surface area contributed by atoms with Gasteiger partial charge in [-0.3, -0.25) is 9.59 Å². The molecule has 1 unspecified atom stereocenters. The van der Waals surface area contributed by atoms with Crippen molar-refractivity contribution in [2.24, 2.45) is 0 Å². The molecule has 27 heavy (non-hydrogen) atoms. The minimum Gasteiger partial charge on any atom is -0.478 e. The van der Waals surface area contributed by atoms with Gasteiger partial charge in [-0.25, -0.2) is 9.69 Å². The molecule has 2 amide bonds. The molecule has 2 aromatic rings. The summed E-state index contributed by atoms with van der Waals surface area (Å²) >= 11 is 6.02. The van der Waals surface area contributed by atoms with Gasteiger partial charge in [0, 0.05) is 11.9 Å². The summed E-state index contributed by atoms with van der Waals surface area (Å²) in [5.74, 6) is -1.88. The number of carbonyl (C=O) groups excluding carboxylic acids is 2. The Labute approximate surface area is 161 Å². The predicted molar refractivity (Wildman–Crippen MR) is 104 cm³/mol. The number of nitrogens with zero attached hydrogens (tertiary/aromatic N) is 1. The van der Waals surface area contributed by atoms with Gasteiger partial charge < -0.3 is 5.11 Å². The summed E-state index contributed by atoms with van der Waals surface area (Å²) in [5.41, 5.74) is 2.51. The number of hydrogen-bond donors (Lipinski definition) is 1. The Morgan fingerprint density at radius 2 is 1.89 bits per heavy atom. The fourth-order valence-electron chi connectivity index (χ4n) is 3.24. The number of fused-ring (bicyclic) bond motifs is 1. The fraction of sp³-hybridized carbons (Fsp3) is 0.190. The van der Waals surface area contributed by atoms with Crippen molar-refractivity contribution in [1.29, 1.82) is 0 Å². The number of imide groups is 1. The monoisotopic (exact) mass is 383 g/mol. The van der Waals surface area contributed by atoms with Gasteiger partial charge in [-0.2, -0.15) is 0 Å². The highest BCUT2D eigenvalue weighted by atomic mass is 35.5. The predicted octanol–water partition coefficient (Wildman–Crippen LogP) is 4.51. The number of benzene rings is 2. The summed E-state index contributed by atoms with van der Waals surface area (Å²) in [6.07, 6.45) is 5.04. The van der Waals surface area contributed by atoms with Crippen molar-refractivity contribution in [3.8, 4) is 0 Å². The summed E-state index contributed by atoms with van der Waals surface area (Å²) in [5, 5.41) is 9.39. The van der Waals surface area contributed by atoms with E-state index >= 15 is 0 Å². The van der Waals surface area contributed by atoms with Crippen LogP contribution in [0.15, 0.2) is 48.5 Å². The fourth-order valence-corrected chi connectivity index (χ4v) is 3.40. The van der Waals surface area contributed by atoms with Crippen LogP contribution >= 0.6 is 11.6 Å². The van der Waals surface area contributed by atoms with Crippen molar-refractivity contribution >= 4 is 41.1 Å². The molecular weight excluding hydrogens is 366 g/mol. The van der Waals surface area contributed by atoms with E-state index in [9.17, 15) is 14.4 Å². The molecule has 138 valence electrons. The summed E-state index contributed by atoms with van der Waals surface area (Å²) in [4.78, 5) is 36.6. The molecule has 0 saturated carbocycles. The van der Waals surface area contributed by atoms with Gasteiger partial charge in [-0.1, -0.05) is 42.0 Å². The number of aromatic carboxylic acids is 1. The van der Waals surface area contributed by atoms with Crippen molar-refractivity contribution in [2.75, 3.05) is 4.90 Å². The maximum Gasteiger partial charge on any atom is 0.335 e. The van der Waals surface area contributed by atoms with E-state index in [4.69, 9.17) is 16.7 Å². The molecule has 0 saturated heterocycles. The number of amides is 2. The Hall–Kier alpha value is -2.92. The second-order valence-corrected chi connectivity index (χ2v) is 6.79. The van der Waals surface area contributed by atoms with Crippen molar-refractivity contribution in [3.63, 3.8) is 0 Å². The number of halogens is 1. The summed E-state index contributed by atoms with van der Waals surface area (Å²) in [7, 11) is 0. The van der Waals surface area contributed by atoms with Gasteiger partial charge in [0.25, 0.3) is 0 Å². The van der Waals surface area contributed by atoms with Crippen molar-refractivity contribution < 1.29 is 19.5 Å². The van der Waals surface area contributed by atoms with Crippen LogP contribution in [0.4, 0.5) is 5.69 Å². The van der Waals surface area contributed by atoms with Crippen LogP contribution in [0, 0.1) is 0 Å². The molecule has 0 aliphatic carbocycles. The number of carboxylic acid groups (broad SMARTS) is 1. The summed E-state index contributed by atoms with van der Waals surface area (Å²) in [6.45, 7) is 1.37. The molecule has 5 nitrogen and oxygen atoms in total. The first kappa shape index (κ1) is 18.9. The van der Waals surface area contributed by atoms with Gasteiger partial charge in [-0.15, -0.1) is 0 Å². The van der Waals surface area contributed by atoms with Crippen LogP contribution in [-0.2, 0) is 9.59 Å². The molecule has 6 heteroatoms. The van der Waals surface area contributed by atoms with Crippen LogP contribution < -0.4 is 4.90 Å². The zero-order valence-corrected chi connectivity index (χ0v) is 15.4. The summed E-state index contributed by atoms with van der Waals surface area (Å²) < 4.78 is 0. The lowest BCUT2D eigenvalue weighted by atomic mass is 9.95. The molecule has 1 N–H and O–H groups in total. The second kappa shape index (κ2) is 7.76. The third kappa shape index (κ3) is 3.93. The lowest BCUT2D eigenvalue weighted by Crippen LogP contribution is -2.33. The molecule has 0 aromatic heterocycles. The van der Waals surface area contributed by atoms with Crippen molar-refractivity contribution in [1.82, 2.24) is 0 Å². The van der Waals surface area contributed by atoms with Crippen LogP contribution in [0.2, 0.25) is 5.02 Å². The highest BCUT2D eigenvalue weighted by molar-refractivity contribution is 6.31. The second-order valence-electron chi connectivity index (χ2n) is 6.36. The van der Waals surface area contributed by atoms with Gasteiger partial charge >= 0.3 is 5.97 Å². The van der Waals surface area contributed by atoms with Crippen molar-refractivity contribution in [3.05, 3.63) is 70.3 Å². The van der Waals surface area contributed by atoms with Gasteiger partial charge in [0.1, 0.15) is 0 Å². The van der Waals surface area contributed by atoms with Crippen LogP contribution in [0.25, 0.3) is 6.08 Å². The number of hydrogen-bond acceptors (Lipinski definition) is 3. The Bertz CT molecular complexity index is 934. The minimum absolute atomic E-state index is 0.223. The lowest BCUT2D eigenvalue weighted by Gasteiger charge is -2.13. The Balaban J connectivity index is 1.70. The van der Waals surface area contributed by atoms with Crippen LogP contribution in [0.3, 0.4) is 0 Å². The van der Waals surface area contributed by atoms with Gasteiger partial charge in [0.2, 0.25) is 11.8 Å². The number of anilines is 1. The number of rotatable bonds is 5. The van der Waals surface area contributed by atoms with E-state index in [1.165, 1.54) is 11.8 Å². The zero-order chi connectivity index (χ0) is 19.6. The Morgan fingerprint density at radius 1 is 1.19 bits per heavy atom. The first-order valence-electron chi connectivity index (χ1n) is 8.52. The highest BCUT2D eigenvalue weighted by Crippen LogP contribution is 2.41. The smallest absolute Gasteiger partial charge is 0.335 e. The molecule has 0 spiro atoms. The molecule has 0 bridgehead atoms. The van der Waals surface area contributed by atoms with E-state index in [1.807, 2.05) is 12.2 Å². The number of carbonyl (C=O) groups is 3. The SMILES string of the molecule is CC(=O)N1C(=O)C(CC/C=C/c2ccc(C(=O)O)cc2)c2ccc(Cl)cc21. The molecule has 3 rings (SSSR count). The number of carboxylic acids is 1. The molecule has 1 aliphatic heterocycles. The van der Waals surface area contributed by atoms with Gasteiger partial charge in [0.05, 0.1) is 17.2 Å². The Kier molecular flexibility index (Phi) is 5.42. The highest BCUT2D eigenvalue weighted by Gasteiger charge is 2.38. The van der Waals surface area contributed by atoms with Gasteiger partial charge in [0.15, 0.2) is 0 Å². The largest absolute Gasteiger partial charge is 0.478 e. The first-order chi connectivity index (χ1) is 12.9. The molecule has 1 aliphatic rings. The Morgan fingerprint density at radius 3 is 2.52 bits per heavy atom. The van der Waals surface area contributed by atoms with Gasteiger partial charge in [-0.05, 0) is 48.2 Å². The average Bonchev–Trinajstić information content (AvgIpc) is 2.90. The zero-order valence-electron chi connectivity index (χ0n) is 14.7. The van der Waals surface area contributed by atoms with E-state index in [-0.39, 0.29) is 23.3 Å². The topological polar surface area (TPSA) is 74.7 Å². The standard InChI is InChI=1S/C21H18ClNO4/c1-13(24)23-19-12-16(22)10-11-17(19)18(20(23)25)5-3-2-4-14-6-8-15(9-7-14)21(26)27/h2,4,6-12,18H,3,5H2,1H3,(H,26,27)/b4-2+. The number of allylic oxidation sites excluding steroid dienone is 1.